The summed E-state index contributed by atoms with van der Waals surface area (Å²) < 4.78 is 48.0. The van der Waals surface area contributed by atoms with Crippen LogP contribution in [0.2, 0.25) is 0 Å². The summed E-state index contributed by atoms with van der Waals surface area (Å²) in [5, 5.41) is 3.16. The van der Waals surface area contributed by atoms with Crippen LogP contribution in [0.5, 0.6) is 11.5 Å². The van der Waals surface area contributed by atoms with Crippen LogP contribution in [0.4, 0.5) is 13.2 Å². The molecule has 3 rings (SSSR count). The fourth-order valence-corrected chi connectivity index (χ4v) is 2.97. The standard InChI is InChI=1S/C20H22F3N3O2/c1-13-6-7-14(18(10-13)28-12-20(21,22)23)11-25-19(24)26-16-8-9-27-17-5-3-2-4-15(16)17/h2-7,10,16H,8-9,11-12H2,1H3,(H3,24,25,26). The second-order valence-corrected chi connectivity index (χ2v) is 6.59. The van der Waals surface area contributed by atoms with E-state index in [2.05, 4.69) is 10.3 Å². The minimum atomic E-state index is -4.40. The summed E-state index contributed by atoms with van der Waals surface area (Å²) >= 11 is 0. The van der Waals surface area contributed by atoms with Gasteiger partial charge in [0.15, 0.2) is 12.6 Å². The Kier molecular flexibility index (Phi) is 5.96. The molecule has 1 aliphatic rings. The number of ether oxygens (including phenoxy) is 2. The van der Waals surface area contributed by atoms with Crippen molar-refractivity contribution in [3.05, 3.63) is 59.2 Å². The number of hydrogen-bond donors (Lipinski definition) is 2. The normalized spacial score (nSPS) is 16.9. The summed E-state index contributed by atoms with van der Waals surface area (Å²) in [7, 11) is 0. The molecule has 0 radical (unpaired) electrons. The van der Waals surface area contributed by atoms with Crippen LogP contribution in [0, 0.1) is 6.92 Å². The number of rotatable bonds is 5. The molecule has 8 heteroatoms. The predicted octanol–water partition coefficient (Wildman–Crippen LogP) is 3.86. The van der Waals surface area contributed by atoms with Crippen molar-refractivity contribution < 1.29 is 22.6 Å². The maximum absolute atomic E-state index is 12.5. The first-order valence-corrected chi connectivity index (χ1v) is 8.89. The van der Waals surface area contributed by atoms with Crippen molar-refractivity contribution in [2.45, 2.75) is 32.1 Å². The molecule has 2 aromatic carbocycles. The van der Waals surface area contributed by atoms with Crippen LogP contribution >= 0.6 is 0 Å². The Morgan fingerprint density at radius 3 is 2.86 bits per heavy atom. The number of fused-ring (bicyclic) bond motifs is 1. The first-order chi connectivity index (χ1) is 13.3. The molecule has 0 aliphatic carbocycles. The van der Waals surface area contributed by atoms with Gasteiger partial charge in [-0.25, -0.2) is 4.99 Å². The third kappa shape index (κ3) is 5.31. The highest BCUT2D eigenvalue weighted by Crippen LogP contribution is 2.31. The highest BCUT2D eigenvalue weighted by atomic mass is 19.4. The van der Waals surface area contributed by atoms with Gasteiger partial charge in [0, 0.05) is 17.5 Å². The van der Waals surface area contributed by atoms with Gasteiger partial charge in [0.2, 0.25) is 0 Å². The van der Waals surface area contributed by atoms with E-state index in [4.69, 9.17) is 15.2 Å². The Bertz CT molecular complexity index is 853. The van der Waals surface area contributed by atoms with Crippen molar-refractivity contribution >= 4 is 5.96 Å². The first-order valence-electron chi connectivity index (χ1n) is 8.89. The number of alkyl halides is 3. The Labute approximate surface area is 161 Å². The van der Waals surface area contributed by atoms with E-state index < -0.39 is 12.8 Å². The summed E-state index contributed by atoms with van der Waals surface area (Å²) in [4.78, 5) is 4.28. The van der Waals surface area contributed by atoms with Crippen molar-refractivity contribution in [1.82, 2.24) is 5.32 Å². The molecule has 150 valence electrons. The average Bonchev–Trinajstić information content (AvgIpc) is 2.65. The van der Waals surface area contributed by atoms with Crippen molar-refractivity contribution in [1.29, 1.82) is 0 Å². The molecule has 1 atom stereocenters. The zero-order chi connectivity index (χ0) is 20.1. The largest absolute Gasteiger partial charge is 0.493 e. The molecule has 0 bridgehead atoms. The maximum Gasteiger partial charge on any atom is 0.422 e. The number of para-hydroxylation sites is 1. The van der Waals surface area contributed by atoms with Gasteiger partial charge in [0.1, 0.15) is 11.5 Å². The third-order valence-electron chi connectivity index (χ3n) is 4.31. The van der Waals surface area contributed by atoms with E-state index >= 15 is 0 Å². The number of hydrogen-bond acceptors (Lipinski definition) is 3. The molecular formula is C20H22F3N3O2. The van der Waals surface area contributed by atoms with Crippen LogP contribution in [-0.4, -0.2) is 25.3 Å². The van der Waals surface area contributed by atoms with Crippen molar-refractivity contribution in [2.24, 2.45) is 10.7 Å². The van der Waals surface area contributed by atoms with Crippen LogP contribution in [-0.2, 0) is 6.54 Å². The summed E-state index contributed by atoms with van der Waals surface area (Å²) in [5.74, 6) is 1.18. The Balaban J connectivity index is 1.68. The molecule has 0 fully saturated rings. The molecule has 5 nitrogen and oxygen atoms in total. The van der Waals surface area contributed by atoms with Crippen LogP contribution in [0.15, 0.2) is 47.5 Å². The van der Waals surface area contributed by atoms with E-state index in [1.165, 1.54) is 0 Å². The lowest BCUT2D eigenvalue weighted by Crippen LogP contribution is -2.37. The highest BCUT2D eigenvalue weighted by Gasteiger charge is 2.29. The van der Waals surface area contributed by atoms with E-state index in [-0.39, 0.29) is 24.3 Å². The molecule has 1 heterocycles. The summed E-state index contributed by atoms with van der Waals surface area (Å²) in [6.45, 7) is 1.11. The van der Waals surface area contributed by atoms with Gasteiger partial charge in [0.25, 0.3) is 0 Å². The molecule has 28 heavy (non-hydrogen) atoms. The minimum Gasteiger partial charge on any atom is -0.493 e. The maximum atomic E-state index is 12.5. The van der Waals surface area contributed by atoms with E-state index in [1.807, 2.05) is 24.3 Å². The Hall–Kier alpha value is -2.90. The van der Waals surface area contributed by atoms with Gasteiger partial charge >= 0.3 is 6.18 Å². The second kappa shape index (κ2) is 8.41. The molecular weight excluding hydrogens is 371 g/mol. The molecule has 0 saturated heterocycles. The van der Waals surface area contributed by atoms with E-state index in [9.17, 15) is 13.2 Å². The number of nitrogens with one attached hydrogen (secondary N) is 1. The van der Waals surface area contributed by atoms with E-state index in [0.29, 0.717) is 12.2 Å². The lowest BCUT2D eigenvalue weighted by Gasteiger charge is -2.27. The number of benzene rings is 2. The molecule has 0 spiro atoms. The van der Waals surface area contributed by atoms with Gasteiger partial charge < -0.3 is 20.5 Å². The van der Waals surface area contributed by atoms with Crippen molar-refractivity contribution in [3.63, 3.8) is 0 Å². The van der Waals surface area contributed by atoms with Gasteiger partial charge in [-0.05, 0) is 24.6 Å². The third-order valence-corrected chi connectivity index (χ3v) is 4.31. The number of nitrogens with zero attached hydrogens (tertiary/aromatic N) is 1. The lowest BCUT2D eigenvalue weighted by atomic mass is 10.0. The van der Waals surface area contributed by atoms with Gasteiger partial charge in [-0.1, -0.05) is 30.3 Å². The summed E-state index contributed by atoms with van der Waals surface area (Å²) in [6.07, 6.45) is -3.67. The van der Waals surface area contributed by atoms with Crippen LogP contribution in [0.25, 0.3) is 0 Å². The number of nitrogens with two attached hydrogens (primary N) is 1. The average molecular weight is 393 g/mol. The van der Waals surface area contributed by atoms with Crippen LogP contribution < -0.4 is 20.5 Å². The number of aryl methyl sites for hydroxylation is 1. The SMILES string of the molecule is Cc1ccc(CN=C(N)NC2CCOc3ccccc32)c(OCC(F)(F)F)c1. The molecule has 3 N–H and O–H groups in total. The summed E-state index contributed by atoms with van der Waals surface area (Å²) in [6, 6.07) is 12.7. The van der Waals surface area contributed by atoms with Gasteiger partial charge in [-0.2, -0.15) is 13.2 Å². The molecule has 1 aliphatic heterocycles. The van der Waals surface area contributed by atoms with Crippen molar-refractivity contribution in [2.75, 3.05) is 13.2 Å². The van der Waals surface area contributed by atoms with Crippen molar-refractivity contribution in [3.8, 4) is 11.5 Å². The number of aliphatic imine (C=N–C) groups is 1. The number of guanidine groups is 1. The molecule has 1 unspecified atom stereocenters. The highest BCUT2D eigenvalue weighted by molar-refractivity contribution is 5.78. The molecule has 0 saturated carbocycles. The van der Waals surface area contributed by atoms with E-state index in [0.717, 1.165) is 23.3 Å². The van der Waals surface area contributed by atoms with Crippen LogP contribution in [0.1, 0.15) is 29.2 Å². The topological polar surface area (TPSA) is 68.9 Å². The summed E-state index contributed by atoms with van der Waals surface area (Å²) in [5.41, 5.74) is 8.34. The Morgan fingerprint density at radius 1 is 1.29 bits per heavy atom. The first kappa shape index (κ1) is 19.9. The fourth-order valence-electron chi connectivity index (χ4n) is 2.97. The zero-order valence-corrected chi connectivity index (χ0v) is 15.4. The lowest BCUT2D eigenvalue weighted by molar-refractivity contribution is -0.153. The molecule has 2 aromatic rings. The van der Waals surface area contributed by atoms with E-state index in [1.54, 1.807) is 25.1 Å². The van der Waals surface area contributed by atoms with Crippen LogP contribution in [0.3, 0.4) is 0 Å². The minimum absolute atomic E-state index is 0.0346. The molecule has 0 aromatic heterocycles. The quantitative estimate of drug-likeness (QED) is 0.598. The smallest absolute Gasteiger partial charge is 0.422 e. The molecule has 0 amide bonds. The second-order valence-electron chi connectivity index (χ2n) is 6.59. The fraction of sp³-hybridized carbons (Fsp3) is 0.350. The van der Waals surface area contributed by atoms with Gasteiger partial charge in [0.05, 0.1) is 19.2 Å². The number of halogens is 3. The monoisotopic (exact) mass is 393 g/mol. The van der Waals surface area contributed by atoms with Gasteiger partial charge in [-0.15, -0.1) is 0 Å². The predicted molar refractivity (Wildman–Crippen MR) is 100 cm³/mol. The Morgan fingerprint density at radius 2 is 2.07 bits per heavy atom. The zero-order valence-electron chi connectivity index (χ0n) is 15.4. The van der Waals surface area contributed by atoms with Gasteiger partial charge in [-0.3, -0.25) is 0 Å².